The third-order valence-electron chi connectivity index (χ3n) is 3.71. The number of hydrogen-bond donors (Lipinski definition) is 1. The molecular formula is C14H22N2O. The van der Waals surface area contributed by atoms with Gasteiger partial charge in [0.05, 0.1) is 6.10 Å². The van der Waals surface area contributed by atoms with Crippen molar-refractivity contribution in [2.75, 3.05) is 33.2 Å². The second kappa shape index (κ2) is 5.63. The normalized spacial score (nSPS) is 22.3. The summed E-state index contributed by atoms with van der Waals surface area (Å²) in [6.45, 7) is 6.38. The van der Waals surface area contributed by atoms with Crippen molar-refractivity contribution in [2.45, 2.75) is 19.1 Å². The topological polar surface area (TPSA) is 26.7 Å². The van der Waals surface area contributed by atoms with Crippen molar-refractivity contribution < 1.29 is 5.11 Å². The summed E-state index contributed by atoms with van der Waals surface area (Å²) in [6, 6.07) is 10.1. The molecule has 1 aromatic carbocycles. The fraction of sp³-hybridized carbons (Fsp3) is 0.571. The molecule has 1 aliphatic rings. The zero-order valence-electron chi connectivity index (χ0n) is 10.7. The predicted octanol–water partition coefficient (Wildman–Crippen LogP) is 1.36. The van der Waals surface area contributed by atoms with Crippen LogP contribution in [-0.2, 0) is 0 Å². The van der Waals surface area contributed by atoms with Gasteiger partial charge in [0.2, 0.25) is 0 Å². The number of hydrogen-bond acceptors (Lipinski definition) is 3. The molecule has 0 spiro atoms. The van der Waals surface area contributed by atoms with E-state index in [0.717, 1.165) is 31.7 Å². The molecule has 1 heterocycles. The minimum Gasteiger partial charge on any atom is -0.387 e. The minimum absolute atomic E-state index is 0.186. The monoisotopic (exact) mass is 234 g/mol. The average molecular weight is 234 g/mol. The van der Waals surface area contributed by atoms with Crippen LogP contribution in [0.1, 0.15) is 18.6 Å². The van der Waals surface area contributed by atoms with Gasteiger partial charge in [0, 0.05) is 32.2 Å². The van der Waals surface area contributed by atoms with Gasteiger partial charge in [0.25, 0.3) is 0 Å². The fourth-order valence-corrected chi connectivity index (χ4v) is 2.36. The molecule has 17 heavy (non-hydrogen) atoms. The Hall–Kier alpha value is -0.900. The lowest BCUT2D eigenvalue weighted by Crippen LogP contribution is -2.49. The molecule has 1 aromatic rings. The first-order valence-electron chi connectivity index (χ1n) is 6.34. The number of nitrogens with zero attached hydrogens (tertiary/aromatic N) is 2. The summed E-state index contributed by atoms with van der Waals surface area (Å²) in [4.78, 5) is 4.70. The highest BCUT2D eigenvalue weighted by Gasteiger charge is 2.25. The van der Waals surface area contributed by atoms with Gasteiger partial charge in [-0.1, -0.05) is 30.3 Å². The third-order valence-corrected chi connectivity index (χ3v) is 3.71. The number of rotatable bonds is 3. The smallest absolute Gasteiger partial charge is 0.0942 e. The maximum Gasteiger partial charge on any atom is 0.0942 e. The van der Waals surface area contributed by atoms with Gasteiger partial charge in [-0.2, -0.15) is 0 Å². The summed E-state index contributed by atoms with van der Waals surface area (Å²) in [5, 5.41) is 10.4. The van der Waals surface area contributed by atoms with E-state index in [-0.39, 0.29) is 12.1 Å². The van der Waals surface area contributed by atoms with Gasteiger partial charge < -0.3 is 10.0 Å². The Balaban J connectivity index is 1.98. The quantitative estimate of drug-likeness (QED) is 0.855. The molecule has 3 heteroatoms. The number of aliphatic hydroxyl groups excluding tert-OH is 1. The molecule has 94 valence electrons. The van der Waals surface area contributed by atoms with Crippen LogP contribution >= 0.6 is 0 Å². The van der Waals surface area contributed by atoms with Crippen LogP contribution in [0.25, 0.3) is 0 Å². The fourth-order valence-electron chi connectivity index (χ4n) is 2.36. The second-order valence-corrected chi connectivity index (χ2v) is 4.94. The van der Waals surface area contributed by atoms with Gasteiger partial charge in [-0.15, -0.1) is 0 Å². The van der Waals surface area contributed by atoms with E-state index in [2.05, 4.69) is 23.8 Å². The van der Waals surface area contributed by atoms with Crippen molar-refractivity contribution in [3.8, 4) is 0 Å². The zero-order chi connectivity index (χ0) is 12.3. The third kappa shape index (κ3) is 3.06. The SMILES string of the molecule is C[C@H]([C@H](O)c1ccccc1)N1CCN(C)CC1. The van der Waals surface area contributed by atoms with Gasteiger partial charge in [0.15, 0.2) is 0 Å². The Bertz CT molecular complexity index is 333. The largest absolute Gasteiger partial charge is 0.387 e. The maximum absolute atomic E-state index is 10.4. The molecule has 0 unspecified atom stereocenters. The predicted molar refractivity (Wildman–Crippen MR) is 69.9 cm³/mol. The Morgan fingerprint density at radius 1 is 1.06 bits per heavy atom. The summed E-state index contributed by atoms with van der Waals surface area (Å²) in [5.74, 6) is 0. The van der Waals surface area contributed by atoms with E-state index in [1.165, 1.54) is 0 Å². The molecule has 0 saturated carbocycles. The van der Waals surface area contributed by atoms with Gasteiger partial charge in [-0.05, 0) is 19.5 Å². The summed E-state index contributed by atoms with van der Waals surface area (Å²) in [7, 11) is 2.15. The first-order chi connectivity index (χ1) is 8.18. The van der Waals surface area contributed by atoms with Crippen LogP contribution in [0.2, 0.25) is 0 Å². The summed E-state index contributed by atoms with van der Waals surface area (Å²) < 4.78 is 0. The Labute approximate surface area is 104 Å². The van der Waals surface area contributed by atoms with E-state index in [4.69, 9.17) is 0 Å². The summed E-state index contributed by atoms with van der Waals surface area (Å²) in [5.41, 5.74) is 1.01. The highest BCUT2D eigenvalue weighted by molar-refractivity contribution is 5.18. The van der Waals surface area contributed by atoms with Crippen molar-refractivity contribution in [1.82, 2.24) is 9.80 Å². The van der Waals surface area contributed by atoms with Crippen LogP contribution in [-0.4, -0.2) is 54.2 Å². The molecule has 0 aliphatic carbocycles. The Morgan fingerprint density at radius 2 is 1.65 bits per heavy atom. The lowest BCUT2D eigenvalue weighted by atomic mass is 10.0. The molecule has 2 rings (SSSR count). The molecule has 0 bridgehead atoms. The van der Waals surface area contributed by atoms with Crippen LogP contribution in [0.5, 0.6) is 0 Å². The van der Waals surface area contributed by atoms with Crippen molar-refractivity contribution in [2.24, 2.45) is 0 Å². The molecule has 1 saturated heterocycles. The zero-order valence-corrected chi connectivity index (χ0v) is 10.7. The molecule has 0 radical (unpaired) electrons. The number of piperazine rings is 1. The maximum atomic E-state index is 10.4. The summed E-state index contributed by atoms with van der Waals surface area (Å²) in [6.07, 6.45) is -0.389. The van der Waals surface area contributed by atoms with Crippen molar-refractivity contribution in [3.63, 3.8) is 0 Å². The van der Waals surface area contributed by atoms with Crippen molar-refractivity contribution in [1.29, 1.82) is 0 Å². The second-order valence-electron chi connectivity index (χ2n) is 4.94. The van der Waals surface area contributed by atoms with Crippen LogP contribution in [0.15, 0.2) is 30.3 Å². The first kappa shape index (κ1) is 12.6. The molecule has 1 fully saturated rings. The molecule has 1 aliphatic heterocycles. The Kier molecular flexibility index (Phi) is 4.15. The number of likely N-dealkylation sites (N-methyl/N-ethyl adjacent to an activating group) is 1. The first-order valence-corrected chi connectivity index (χ1v) is 6.34. The summed E-state index contributed by atoms with van der Waals surface area (Å²) >= 11 is 0. The lowest BCUT2D eigenvalue weighted by molar-refractivity contribution is 0.0315. The van der Waals surface area contributed by atoms with E-state index in [0.29, 0.717) is 0 Å². The lowest BCUT2D eigenvalue weighted by Gasteiger charge is -2.38. The highest BCUT2D eigenvalue weighted by Crippen LogP contribution is 2.21. The molecule has 1 N–H and O–H groups in total. The molecule has 0 amide bonds. The molecule has 0 aromatic heterocycles. The minimum atomic E-state index is -0.389. The van der Waals surface area contributed by atoms with E-state index >= 15 is 0 Å². The van der Waals surface area contributed by atoms with Crippen LogP contribution in [0.3, 0.4) is 0 Å². The molecular weight excluding hydrogens is 212 g/mol. The van der Waals surface area contributed by atoms with Crippen molar-refractivity contribution in [3.05, 3.63) is 35.9 Å². The molecule has 3 nitrogen and oxygen atoms in total. The van der Waals surface area contributed by atoms with E-state index in [1.54, 1.807) is 0 Å². The van der Waals surface area contributed by atoms with Crippen LogP contribution in [0.4, 0.5) is 0 Å². The average Bonchev–Trinajstić information content (AvgIpc) is 2.39. The van der Waals surface area contributed by atoms with Gasteiger partial charge in [-0.3, -0.25) is 4.90 Å². The van der Waals surface area contributed by atoms with Gasteiger partial charge >= 0.3 is 0 Å². The highest BCUT2D eigenvalue weighted by atomic mass is 16.3. The molecule has 2 atom stereocenters. The van der Waals surface area contributed by atoms with Crippen molar-refractivity contribution >= 4 is 0 Å². The van der Waals surface area contributed by atoms with E-state index in [9.17, 15) is 5.11 Å². The number of benzene rings is 1. The Morgan fingerprint density at radius 3 is 2.24 bits per heavy atom. The number of aliphatic hydroxyl groups is 1. The van der Waals surface area contributed by atoms with E-state index < -0.39 is 0 Å². The van der Waals surface area contributed by atoms with E-state index in [1.807, 2.05) is 30.3 Å². The van der Waals surface area contributed by atoms with Gasteiger partial charge in [-0.25, -0.2) is 0 Å². The van der Waals surface area contributed by atoms with Crippen LogP contribution < -0.4 is 0 Å². The van der Waals surface area contributed by atoms with Gasteiger partial charge in [0.1, 0.15) is 0 Å². The standard InChI is InChI=1S/C14H22N2O/c1-12(16-10-8-15(2)9-11-16)14(17)13-6-4-3-5-7-13/h3-7,12,14,17H,8-11H2,1-2H3/t12-,14+/m1/s1. The van der Waals surface area contributed by atoms with Crippen LogP contribution in [0, 0.1) is 0 Å².